The highest BCUT2D eigenvalue weighted by Gasteiger charge is 2.19. The van der Waals surface area contributed by atoms with Crippen LogP contribution in [-0.2, 0) is 11.8 Å². The van der Waals surface area contributed by atoms with Crippen molar-refractivity contribution in [3.8, 4) is 0 Å². The van der Waals surface area contributed by atoms with E-state index in [1.165, 1.54) is 39.0 Å². The SMILES string of the molecule is C=C/C(=C\C)c1cc(C)cc(C/C=C(\C=C/C)C(/C=C(C)C)=C/C(=C)/C(C)=C/C(=C\C(=C)c2cc(/C(C=C)=C/C)cc(C(C)(C)C)c2)C(C)(C)C)c1. The summed E-state index contributed by atoms with van der Waals surface area (Å²) < 4.78 is 0. The van der Waals surface area contributed by atoms with E-state index >= 15 is 0 Å². The predicted octanol–water partition coefficient (Wildman–Crippen LogP) is 15.6. The smallest absolute Gasteiger partial charge is 0.00879 e. The van der Waals surface area contributed by atoms with E-state index in [-0.39, 0.29) is 10.8 Å². The first kappa shape index (κ1) is 43.5. The van der Waals surface area contributed by atoms with Gasteiger partial charge in [-0.15, -0.1) is 0 Å². The normalized spacial score (nSPS) is 14.1. The molecule has 0 saturated carbocycles. The summed E-state index contributed by atoms with van der Waals surface area (Å²) in [6, 6.07) is 13.6. The number of rotatable bonds is 14. The molecule has 0 radical (unpaired) electrons. The lowest BCUT2D eigenvalue weighted by molar-refractivity contribution is 0.517. The summed E-state index contributed by atoms with van der Waals surface area (Å²) in [5.41, 5.74) is 17.3. The first-order valence-corrected chi connectivity index (χ1v) is 18.6. The average Bonchev–Trinajstić information content (AvgIpc) is 3.05. The van der Waals surface area contributed by atoms with Crippen LogP contribution in [0.2, 0.25) is 0 Å². The van der Waals surface area contributed by atoms with Crippen LogP contribution in [0, 0.1) is 12.3 Å². The molecule has 2 rings (SSSR count). The van der Waals surface area contributed by atoms with E-state index < -0.39 is 0 Å². The molecule has 0 amide bonds. The van der Waals surface area contributed by atoms with Gasteiger partial charge in [0.05, 0.1) is 0 Å². The van der Waals surface area contributed by atoms with Gasteiger partial charge in [-0.3, -0.25) is 0 Å². The van der Waals surface area contributed by atoms with Crippen molar-refractivity contribution in [3.63, 3.8) is 0 Å². The molecule has 0 unspecified atom stereocenters. The molecule has 0 heterocycles. The average molecular weight is 691 g/mol. The molecule has 0 nitrogen and oxygen atoms in total. The van der Waals surface area contributed by atoms with E-state index in [2.05, 4.69) is 207 Å². The van der Waals surface area contributed by atoms with Crippen molar-refractivity contribution in [2.75, 3.05) is 0 Å². The second-order valence-electron chi connectivity index (χ2n) is 16.1. The van der Waals surface area contributed by atoms with Gasteiger partial charge < -0.3 is 0 Å². The molecule has 0 fully saturated rings. The standard InChI is InChI=1S/C52H66/c1-18-23-44(25-24-41-27-37(8)28-47(32-41)42(19-2)20-3)46(26-36(6)7)29-38(9)39(10)30-49(51(12,13)14)31-40(11)45-33-48(43(21-4)22-5)35-50(34-45)52(15,16)17/h18-23,25-35H,2,4,9,11,24H2,1,3,5-8,10,12-17H3/b23-18-,39-30+,42-20+,43-22+,44-25+,46-29+,49-31+. The second-order valence-corrected chi connectivity index (χ2v) is 16.1. The first-order valence-electron chi connectivity index (χ1n) is 18.6. The highest BCUT2D eigenvalue weighted by atomic mass is 14.2. The van der Waals surface area contributed by atoms with Crippen LogP contribution in [0.3, 0.4) is 0 Å². The van der Waals surface area contributed by atoms with Gasteiger partial charge in [-0.1, -0.05) is 170 Å². The van der Waals surface area contributed by atoms with Crippen LogP contribution < -0.4 is 0 Å². The summed E-state index contributed by atoms with van der Waals surface area (Å²) in [4.78, 5) is 0. The third-order valence-electron chi connectivity index (χ3n) is 9.12. The molecule has 0 aromatic heterocycles. The molecule has 0 aliphatic rings. The lowest BCUT2D eigenvalue weighted by Gasteiger charge is -2.24. The van der Waals surface area contributed by atoms with E-state index in [0.29, 0.717) is 0 Å². The van der Waals surface area contributed by atoms with Crippen LogP contribution in [0.25, 0.3) is 16.7 Å². The van der Waals surface area contributed by atoms with Crippen molar-refractivity contribution in [2.24, 2.45) is 5.41 Å². The van der Waals surface area contributed by atoms with E-state index in [4.69, 9.17) is 0 Å². The van der Waals surface area contributed by atoms with Crippen molar-refractivity contribution in [1.82, 2.24) is 0 Å². The van der Waals surface area contributed by atoms with E-state index in [9.17, 15) is 0 Å². The zero-order chi connectivity index (χ0) is 39.4. The van der Waals surface area contributed by atoms with Crippen LogP contribution in [-0.4, -0.2) is 0 Å². The number of aryl methyl sites for hydroxylation is 1. The zero-order valence-corrected chi connectivity index (χ0v) is 34.9. The van der Waals surface area contributed by atoms with Crippen molar-refractivity contribution < 1.29 is 0 Å². The Labute approximate surface area is 319 Å². The molecular formula is C52H66. The molecule has 52 heavy (non-hydrogen) atoms. The Hall–Kier alpha value is -4.68. The zero-order valence-electron chi connectivity index (χ0n) is 34.9. The minimum absolute atomic E-state index is 0.00409. The summed E-state index contributed by atoms with van der Waals surface area (Å²) in [5.74, 6) is 0. The maximum absolute atomic E-state index is 4.59. The molecule has 0 bridgehead atoms. The van der Waals surface area contributed by atoms with Gasteiger partial charge in [0.25, 0.3) is 0 Å². The van der Waals surface area contributed by atoms with Crippen molar-refractivity contribution in [1.29, 1.82) is 0 Å². The molecule has 2 aromatic rings. The molecule has 0 heteroatoms. The van der Waals surface area contributed by atoms with Crippen molar-refractivity contribution in [3.05, 3.63) is 196 Å². The molecule has 2 aromatic carbocycles. The minimum atomic E-state index is -0.113. The molecule has 0 atom stereocenters. The summed E-state index contributed by atoms with van der Waals surface area (Å²) in [5, 5.41) is 0. The van der Waals surface area contributed by atoms with E-state index in [0.717, 1.165) is 51.0 Å². The van der Waals surface area contributed by atoms with Crippen molar-refractivity contribution >= 4 is 16.7 Å². The van der Waals surface area contributed by atoms with E-state index in [1.807, 2.05) is 12.2 Å². The van der Waals surface area contributed by atoms with Gasteiger partial charge in [-0.25, -0.2) is 0 Å². The van der Waals surface area contributed by atoms with Crippen LogP contribution in [0.5, 0.6) is 0 Å². The second kappa shape index (κ2) is 19.2. The van der Waals surface area contributed by atoms with Crippen LogP contribution in [0.1, 0.15) is 116 Å². The number of hydrogen-bond donors (Lipinski definition) is 0. The van der Waals surface area contributed by atoms with Gasteiger partial charge in [-0.2, -0.15) is 0 Å². The maximum atomic E-state index is 4.59. The van der Waals surface area contributed by atoms with Gasteiger partial charge in [0.1, 0.15) is 0 Å². The predicted molar refractivity (Wildman–Crippen MR) is 238 cm³/mol. The largest absolute Gasteiger partial charge is 0.0985 e. The molecule has 274 valence electrons. The first-order chi connectivity index (χ1) is 24.3. The molecule has 0 aliphatic heterocycles. The Morgan fingerprint density at radius 1 is 0.673 bits per heavy atom. The highest BCUT2D eigenvalue weighted by molar-refractivity contribution is 5.80. The lowest BCUT2D eigenvalue weighted by Crippen LogP contribution is -2.12. The molecular weight excluding hydrogens is 625 g/mol. The van der Waals surface area contributed by atoms with Gasteiger partial charge in [0.15, 0.2) is 0 Å². The van der Waals surface area contributed by atoms with Crippen LogP contribution >= 0.6 is 0 Å². The summed E-state index contributed by atoms with van der Waals surface area (Å²) in [6.45, 7) is 45.6. The maximum Gasteiger partial charge on any atom is -0.00879 e. The number of hydrogen-bond acceptors (Lipinski definition) is 0. The van der Waals surface area contributed by atoms with E-state index in [1.54, 1.807) is 0 Å². The lowest BCUT2D eigenvalue weighted by atomic mass is 9.81. The minimum Gasteiger partial charge on any atom is -0.0985 e. The summed E-state index contributed by atoms with van der Waals surface area (Å²) >= 11 is 0. The van der Waals surface area contributed by atoms with Crippen molar-refractivity contribution in [2.45, 2.75) is 102 Å². The Bertz CT molecular complexity index is 1910. The fourth-order valence-corrected chi connectivity index (χ4v) is 5.95. The Morgan fingerprint density at radius 3 is 1.75 bits per heavy atom. The molecule has 0 spiro atoms. The number of allylic oxidation sites excluding steroid dienone is 20. The molecule has 0 saturated heterocycles. The monoisotopic (exact) mass is 691 g/mol. The highest BCUT2D eigenvalue weighted by Crippen LogP contribution is 2.35. The molecule has 0 aliphatic carbocycles. The fraction of sp³-hybridized carbons (Fsp3) is 0.308. The summed E-state index contributed by atoms with van der Waals surface area (Å²) in [7, 11) is 0. The Balaban J connectivity index is 2.66. The quantitative estimate of drug-likeness (QED) is 0.173. The van der Waals surface area contributed by atoms with Gasteiger partial charge in [0, 0.05) is 0 Å². The van der Waals surface area contributed by atoms with Gasteiger partial charge in [0.2, 0.25) is 0 Å². The molecule has 0 N–H and O–H groups in total. The Morgan fingerprint density at radius 2 is 1.25 bits per heavy atom. The third-order valence-corrected chi connectivity index (χ3v) is 9.12. The third kappa shape index (κ3) is 12.8. The summed E-state index contributed by atoms with van der Waals surface area (Å²) in [6.07, 6.45) is 24.6. The van der Waals surface area contributed by atoms with Gasteiger partial charge >= 0.3 is 0 Å². The Kier molecular flexibility index (Phi) is 16.1. The van der Waals surface area contributed by atoms with Crippen LogP contribution in [0.4, 0.5) is 0 Å². The van der Waals surface area contributed by atoms with Gasteiger partial charge in [-0.05, 0) is 150 Å². The van der Waals surface area contributed by atoms with Crippen LogP contribution in [0.15, 0.2) is 163 Å². The fourth-order valence-electron chi connectivity index (χ4n) is 5.95. The topological polar surface area (TPSA) is 0 Å². The number of benzene rings is 2.